The van der Waals surface area contributed by atoms with Crippen molar-refractivity contribution in [3.05, 3.63) is 77.3 Å². The smallest absolute Gasteiger partial charge is 0.228 e. The molecule has 0 fully saturated rings. The zero-order valence-corrected chi connectivity index (χ0v) is 12.1. The molecule has 1 heterocycles. The van der Waals surface area contributed by atoms with Crippen LogP contribution in [0, 0.1) is 0 Å². The van der Waals surface area contributed by atoms with E-state index in [1.54, 1.807) is 6.07 Å². The van der Waals surface area contributed by atoms with Crippen molar-refractivity contribution in [3.63, 3.8) is 0 Å². The van der Waals surface area contributed by atoms with E-state index in [0.717, 1.165) is 11.3 Å². The summed E-state index contributed by atoms with van der Waals surface area (Å²) in [5.41, 5.74) is 4.39. The Morgan fingerprint density at radius 1 is 0.810 bits per heavy atom. The normalized spacial score (nSPS) is 12.3. The number of amides is 1. The molecule has 0 bridgehead atoms. The largest absolute Gasteiger partial charge is 0.324 e. The minimum absolute atomic E-state index is 0.0214. The Morgan fingerprint density at radius 3 is 2.10 bits per heavy atom. The van der Waals surface area contributed by atoms with Gasteiger partial charge < -0.3 is 5.32 Å². The topological polar surface area (TPSA) is 29.1 Å². The second-order valence-corrected chi connectivity index (χ2v) is 5.25. The summed E-state index contributed by atoms with van der Waals surface area (Å²) in [7, 11) is 0. The van der Waals surface area contributed by atoms with E-state index in [0.29, 0.717) is 11.4 Å². The molecule has 0 unspecified atom stereocenters. The van der Waals surface area contributed by atoms with Crippen LogP contribution < -0.4 is 5.32 Å². The summed E-state index contributed by atoms with van der Waals surface area (Å²) in [6.45, 7) is 0. The van der Waals surface area contributed by atoms with Gasteiger partial charge in [-0.25, -0.2) is 0 Å². The van der Waals surface area contributed by atoms with Gasteiger partial charge in [-0.3, -0.25) is 4.79 Å². The number of para-hydroxylation sites is 1. The van der Waals surface area contributed by atoms with Crippen molar-refractivity contribution >= 4 is 23.2 Å². The highest BCUT2D eigenvalue weighted by atomic mass is 35.5. The highest BCUT2D eigenvalue weighted by molar-refractivity contribution is 6.34. The Kier molecular flexibility index (Phi) is 3.89. The van der Waals surface area contributed by atoms with Crippen molar-refractivity contribution in [2.45, 2.75) is 6.42 Å². The number of nitrogens with one attached hydrogen (secondary N) is 1. The van der Waals surface area contributed by atoms with Crippen molar-refractivity contribution in [3.8, 4) is 11.1 Å². The lowest BCUT2D eigenvalue weighted by atomic mass is 10.2. The molecular formula is C18H14ClNO. The van der Waals surface area contributed by atoms with Gasteiger partial charge in [0.05, 0.1) is 17.1 Å². The number of anilines is 1. The van der Waals surface area contributed by atoms with E-state index in [-0.39, 0.29) is 5.91 Å². The van der Waals surface area contributed by atoms with E-state index in [9.17, 15) is 4.79 Å². The Bertz CT molecular complexity index is 726. The average Bonchev–Trinajstić information content (AvgIpc) is 3.01. The highest BCUT2D eigenvalue weighted by Crippen LogP contribution is 2.30. The third-order valence-corrected chi connectivity index (χ3v) is 3.69. The molecule has 1 aliphatic heterocycles. The second-order valence-electron chi connectivity index (χ2n) is 4.85. The molecule has 2 aliphatic carbocycles. The number of carbonyl (C=O) groups excluding carboxylic acids is 1. The van der Waals surface area contributed by atoms with Crippen molar-refractivity contribution < 1.29 is 4.79 Å². The van der Waals surface area contributed by atoms with Crippen LogP contribution in [-0.2, 0) is 11.2 Å². The number of fused-ring (bicyclic) bond motifs is 2. The average molecular weight is 296 g/mol. The van der Waals surface area contributed by atoms with Gasteiger partial charge in [-0.1, -0.05) is 72.3 Å². The van der Waals surface area contributed by atoms with Gasteiger partial charge in [0, 0.05) is 0 Å². The lowest BCUT2D eigenvalue weighted by Gasteiger charge is -1.98. The fraction of sp³-hybridized carbons (Fsp3) is 0.0556. The summed E-state index contributed by atoms with van der Waals surface area (Å²) >= 11 is 5.82. The van der Waals surface area contributed by atoms with Crippen LogP contribution in [0.4, 0.5) is 5.69 Å². The van der Waals surface area contributed by atoms with Gasteiger partial charge >= 0.3 is 0 Å². The molecule has 3 heteroatoms. The molecule has 0 aromatic heterocycles. The maximum absolute atomic E-state index is 10.9. The Morgan fingerprint density at radius 2 is 1.43 bits per heavy atom. The quantitative estimate of drug-likeness (QED) is 0.644. The summed E-state index contributed by atoms with van der Waals surface area (Å²) in [4.78, 5) is 10.9. The second kappa shape index (κ2) is 5.98. The molecule has 0 saturated carbocycles. The zero-order valence-electron chi connectivity index (χ0n) is 11.3. The van der Waals surface area contributed by atoms with Crippen LogP contribution in [0.25, 0.3) is 11.1 Å². The molecule has 0 atom stereocenters. The number of halogens is 1. The van der Waals surface area contributed by atoms with E-state index in [4.69, 9.17) is 11.6 Å². The van der Waals surface area contributed by atoms with Crippen LogP contribution in [0.2, 0.25) is 5.02 Å². The van der Waals surface area contributed by atoms with Crippen LogP contribution >= 0.6 is 11.6 Å². The van der Waals surface area contributed by atoms with Crippen molar-refractivity contribution in [2.75, 3.05) is 5.32 Å². The third-order valence-electron chi connectivity index (χ3n) is 3.37. The molecule has 1 aromatic rings. The maximum atomic E-state index is 10.9. The van der Waals surface area contributed by atoms with Gasteiger partial charge in [-0.2, -0.15) is 0 Å². The molecule has 1 amide bonds. The monoisotopic (exact) mass is 295 g/mol. The van der Waals surface area contributed by atoms with Crippen LogP contribution in [0.15, 0.2) is 66.7 Å². The first-order valence-electron chi connectivity index (χ1n) is 6.75. The third kappa shape index (κ3) is 3.06. The summed E-state index contributed by atoms with van der Waals surface area (Å²) in [6, 6.07) is 22.2. The minimum atomic E-state index is 0.0214. The van der Waals surface area contributed by atoms with Gasteiger partial charge in [0.15, 0.2) is 0 Å². The molecule has 104 valence electrons. The lowest BCUT2D eigenvalue weighted by molar-refractivity contribution is -0.115. The molecular weight excluding hydrogens is 282 g/mol. The Labute approximate surface area is 128 Å². The van der Waals surface area contributed by atoms with E-state index >= 15 is 0 Å². The standard InChI is InChI=1S/C10H8.C8H6ClNO/c1-2-5-9-7-4-8-10(9)6-3-1;9-6-3-1-2-5-4-7(11)10-8(5)6/h1-8H;1-3H,4H2,(H,10,11). The fourth-order valence-corrected chi connectivity index (χ4v) is 2.59. The van der Waals surface area contributed by atoms with Crippen molar-refractivity contribution in [1.82, 2.24) is 0 Å². The maximum Gasteiger partial charge on any atom is 0.228 e. The van der Waals surface area contributed by atoms with E-state index in [1.807, 2.05) is 18.2 Å². The minimum Gasteiger partial charge on any atom is -0.324 e. The summed E-state index contributed by atoms with van der Waals surface area (Å²) in [6.07, 6.45) is 0.454. The molecule has 0 saturated heterocycles. The predicted molar refractivity (Wildman–Crippen MR) is 86.8 cm³/mol. The van der Waals surface area contributed by atoms with Crippen LogP contribution in [0.1, 0.15) is 5.56 Å². The number of hydrogen-bond donors (Lipinski definition) is 1. The molecule has 4 rings (SSSR count). The SMILES string of the molecule is O=C1Cc2cccc(Cl)c2N1.c1ccc2cccc-2cc1. The molecule has 0 spiro atoms. The highest BCUT2D eigenvalue weighted by Gasteiger charge is 2.18. The number of benzene rings is 1. The Hall–Kier alpha value is -2.32. The summed E-state index contributed by atoms with van der Waals surface area (Å²) in [5.74, 6) is 0.0214. The Balaban J connectivity index is 0.000000126. The van der Waals surface area contributed by atoms with Crippen LogP contribution in [0.5, 0.6) is 0 Å². The molecule has 1 N–H and O–H groups in total. The van der Waals surface area contributed by atoms with Crippen molar-refractivity contribution in [2.24, 2.45) is 0 Å². The first-order chi connectivity index (χ1) is 10.2. The van der Waals surface area contributed by atoms with E-state index < -0.39 is 0 Å². The van der Waals surface area contributed by atoms with Gasteiger partial charge in [-0.15, -0.1) is 0 Å². The van der Waals surface area contributed by atoms with E-state index in [1.165, 1.54) is 11.1 Å². The van der Waals surface area contributed by atoms with E-state index in [2.05, 4.69) is 47.8 Å². The zero-order chi connectivity index (χ0) is 14.7. The number of carbonyl (C=O) groups is 1. The summed E-state index contributed by atoms with van der Waals surface area (Å²) < 4.78 is 0. The fourth-order valence-electron chi connectivity index (χ4n) is 2.35. The van der Waals surface area contributed by atoms with Crippen molar-refractivity contribution in [1.29, 1.82) is 0 Å². The van der Waals surface area contributed by atoms with Crippen LogP contribution in [0.3, 0.4) is 0 Å². The van der Waals surface area contributed by atoms with Gasteiger partial charge in [0.1, 0.15) is 0 Å². The molecule has 3 aliphatic rings. The molecule has 21 heavy (non-hydrogen) atoms. The number of rotatable bonds is 0. The van der Waals surface area contributed by atoms with Gasteiger partial charge in [-0.05, 0) is 22.8 Å². The summed E-state index contributed by atoms with van der Waals surface area (Å²) in [5, 5.41) is 3.31. The molecule has 1 aromatic carbocycles. The first-order valence-corrected chi connectivity index (χ1v) is 7.13. The first kappa shape index (κ1) is 13.7. The molecule has 2 nitrogen and oxygen atoms in total. The molecule has 0 radical (unpaired) electrons. The van der Waals surface area contributed by atoms with Gasteiger partial charge in [0.2, 0.25) is 5.91 Å². The predicted octanol–water partition coefficient (Wildman–Crippen LogP) is 4.63. The van der Waals surface area contributed by atoms with Crippen LogP contribution in [-0.4, -0.2) is 5.91 Å². The lowest BCUT2D eigenvalue weighted by Crippen LogP contribution is -2.03. The van der Waals surface area contributed by atoms with Gasteiger partial charge in [0.25, 0.3) is 0 Å². The number of hydrogen-bond acceptors (Lipinski definition) is 1.